The topological polar surface area (TPSA) is 0 Å². The first-order valence-corrected chi connectivity index (χ1v) is 5.11. The van der Waals surface area contributed by atoms with E-state index >= 15 is 0 Å². The standard InChI is InChI=1S/C7H6BrF3S/c1-4-2-6(7(9,10)11)12-5(4)3-8/h2H,3H2,1H3. The summed E-state index contributed by atoms with van der Waals surface area (Å²) in [7, 11) is 0. The number of aryl methyl sites for hydroxylation is 1. The minimum absolute atomic E-state index is 0.486. The first-order chi connectivity index (χ1) is 5.45. The summed E-state index contributed by atoms with van der Waals surface area (Å²) in [4.78, 5) is 0.219. The van der Waals surface area contributed by atoms with Crippen molar-refractivity contribution in [3.8, 4) is 0 Å². The predicted molar refractivity (Wildman–Crippen MR) is 46.7 cm³/mol. The zero-order valence-electron chi connectivity index (χ0n) is 6.20. The van der Waals surface area contributed by atoms with Crippen LogP contribution in [0.2, 0.25) is 0 Å². The average molecular weight is 259 g/mol. The Labute approximate surface area is 80.5 Å². The van der Waals surface area contributed by atoms with E-state index in [1.54, 1.807) is 6.92 Å². The predicted octanol–water partition coefficient (Wildman–Crippen LogP) is 3.97. The molecule has 68 valence electrons. The van der Waals surface area contributed by atoms with Crippen LogP contribution in [0.25, 0.3) is 0 Å². The normalized spacial score (nSPS) is 12.1. The van der Waals surface area contributed by atoms with Gasteiger partial charge in [-0.25, -0.2) is 0 Å². The molecule has 0 aliphatic carbocycles. The average Bonchev–Trinajstić information content (AvgIpc) is 2.29. The second-order valence-corrected chi connectivity index (χ2v) is 4.05. The van der Waals surface area contributed by atoms with E-state index < -0.39 is 11.1 Å². The zero-order chi connectivity index (χ0) is 9.35. The third-order valence-corrected chi connectivity index (χ3v) is 3.64. The smallest absolute Gasteiger partial charge is 0.165 e. The van der Waals surface area contributed by atoms with Crippen molar-refractivity contribution in [3.05, 3.63) is 21.4 Å². The van der Waals surface area contributed by atoms with E-state index in [-0.39, 0.29) is 0 Å². The van der Waals surface area contributed by atoms with E-state index in [0.29, 0.717) is 10.9 Å². The van der Waals surface area contributed by atoms with Gasteiger partial charge in [0.2, 0.25) is 0 Å². The molecule has 0 N–H and O–H groups in total. The number of hydrogen-bond acceptors (Lipinski definition) is 1. The van der Waals surface area contributed by atoms with Crippen LogP contribution in [-0.4, -0.2) is 0 Å². The summed E-state index contributed by atoms with van der Waals surface area (Å²) in [6.07, 6.45) is -4.20. The number of hydrogen-bond donors (Lipinski definition) is 0. The van der Waals surface area contributed by atoms with Crippen LogP contribution >= 0.6 is 27.3 Å². The Kier molecular flexibility index (Phi) is 2.83. The van der Waals surface area contributed by atoms with Crippen LogP contribution in [0, 0.1) is 6.92 Å². The zero-order valence-corrected chi connectivity index (χ0v) is 8.61. The summed E-state index contributed by atoms with van der Waals surface area (Å²) in [6, 6.07) is 1.18. The minimum atomic E-state index is -4.20. The second kappa shape index (κ2) is 3.38. The first-order valence-electron chi connectivity index (χ1n) is 3.17. The Bertz CT molecular complexity index is 277. The van der Waals surface area contributed by atoms with Gasteiger partial charge in [-0.05, 0) is 18.6 Å². The molecule has 0 fully saturated rings. The van der Waals surface area contributed by atoms with E-state index in [4.69, 9.17) is 0 Å². The fourth-order valence-electron chi connectivity index (χ4n) is 0.792. The fraction of sp³-hybridized carbons (Fsp3) is 0.429. The van der Waals surface area contributed by atoms with Gasteiger partial charge in [-0.15, -0.1) is 11.3 Å². The van der Waals surface area contributed by atoms with Gasteiger partial charge in [0, 0.05) is 10.2 Å². The van der Waals surface area contributed by atoms with Gasteiger partial charge in [-0.1, -0.05) is 15.9 Å². The summed E-state index contributed by atoms with van der Waals surface area (Å²) in [5.41, 5.74) is 0.698. The Balaban J connectivity index is 3.05. The van der Waals surface area contributed by atoms with Gasteiger partial charge in [0.15, 0.2) is 0 Å². The van der Waals surface area contributed by atoms with E-state index in [9.17, 15) is 13.2 Å². The number of rotatable bonds is 1. The number of thiophene rings is 1. The Morgan fingerprint density at radius 2 is 2.08 bits per heavy atom. The molecule has 0 unspecified atom stereocenters. The molecule has 0 saturated heterocycles. The molecule has 0 aliphatic heterocycles. The van der Waals surface area contributed by atoms with E-state index in [1.165, 1.54) is 6.07 Å². The van der Waals surface area contributed by atoms with Crippen LogP contribution < -0.4 is 0 Å². The van der Waals surface area contributed by atoms with Crippen molar-refractivity contribution in [2.45, 2.75) is 18.4 Å². The lowest BCUT2D eigenvalue weighted by Gasteiger charge is -2.00. The Morgan fingerprint density at radius 1 is 1.50 bits per heavy atom. The summed E-state index contributed by atoms with van der Waals surface area (Å²) in [5, 5.41) is 0.486. The molecule has 1 rings (SSSR count). The maximum Gasteiger partial charge on any atom is 0.425 e. The molecule has 0 saturated carbocycles. The van der Waals surface area contributed by atoms with Crippen LogP contribution in [0.15, 0.2) is 6.07 Å². The van der Waals surface area contributed by atoms with Crippen molar-refractivity contribution in [1.82, 2.24) is 0 Å². The molecule has 1 aromatic heterocycles. The second-order valence-electron chi connectivity index (χ2n) is 2.35. The molecule has 0 atom stereocenters. The van der Waals surface area contributed by atoms with Crippen molar-refractivity contribution in [2.75, 3.05) is 0 Å². The van der Waals surface area contributed by atoms with Crippen LogP contribution in [0.5, 0.6) is 0 Å². The van der Waals surface area contributed by atoms with Gasteiger partial charge in [-0.3, -0.25) is 0 Å². The van der Waals surface area contributed by atoms with Crippen molar-refractivity contribution in [3.63, 3.8) is 0 Å². The molecule has 0 bridgehead atoms. The number of halogens is 4. The minimum Gasteiger partial charge on any atom is -0.165 e. The Morgan fingerprint density at radius 3 is 2.33 bits per heavy atom. The quantitative estimate of drug-likeness (QED) is 0.669. The lowest BCUT2D eigenvalue weighted by Crippen LogP contribution is -2.00. The lowest BCUT2D eigenvalue weighted by atomic mass is 10.3. The van der Waals surface area contributed by atoms with E-state index in [0.717, 1.165) is 16.2 Å². The van der Waals surface area contributed by atoms with Crippen LogP contribution in [0.3, 0.4) is 0 Å². The first kappa shape index (κ1) is 10.1. The molecule has 1 heterocycles. The molecule has 0 amide bonds. The van der Waals surface area contributed by atoms with Gasteiger partial charge in [0.25, 0.3) is 0 Å². The number of alkyl halides is 4. The third-order valence-electron chi connectivity index (χ3n) is 1.42. The molecule has 5 heteroatoms. The van der Waals surface area contributed by atoms with E-state index in [2.05, 4.69) is 15.9 Å². The molecule has 0 spiro atoms. The van der Waals surface area contributed by atoms with Crippen molar-refractivity contribution in [1.29, 1.82) is 0 Å². The van der Waals surface area contributed by atoms with Crippen molar-refractivity contribution >= 4 is 27.3 Å². The monoisotopic (exact) mass is 258 g/mol. The molecule has 0 aliphatic rings. The summed E-state index contributed by atoms with van der Waals surface area (Å²) >= 11 is 3.93. The molecule has 1 aromatic rings. The molecule has 0 aromatic carbocycles. The summed E-state index contributed by atoms with van der Waals surface area (Å²) in [5.74, 6) is 0. The van der Waals surface area contributed by atoms with Gasteiger partial charge in [-0.2, -0.15) is 13.2 Å². The highest BCUT2D eigenvalue weighted by molar-refractivity contribution is 9.08. The molecular weight excluding hydrogens is 253 g/mol. The summed E-state index contributed by atoms with van der Waals surface area (Å²) < 4.78 is 36.3. The van der Waals surface area contributed by atoms with Gasteiger partial charge in [0.05, 0.1) is 0 Å². The van der Waals surface area contributed by atoms with Crippen LogP contribution in [0.1, 0.15) is 15.3 Å². The van der Waals surface area contributed by atoms with Gasteiger partial charge < -0.3 is 0 Å². The van der Waals surface area contributed by atoms with E-state index in [1.807, 2.05) is 0 Å². The third kappa shape index (κ3) is 2.01. The van der Waals surface area contributed by atoms with Crippen molar-refractivity contribution in [2.24, 2.45) is 0 Å². The molecule has 0 nitrogen and oxygen atoms in total. The van der Waals surface area contributed by atoms with Crippen LogP contribution in [-0.2, 0) is 11.5 Å². The maximum atomic E-state index is 12.1. The highest BCUT2D eigenvalue weighted by Crippen LogP contribution is 2.37. The SMILES string of the molecule is Cc1cc(C(F)(F)F)sc1CBr. The summed E-state index contributed by atoms with van der Waals surface area (Å²) in [6.45, 7) is 1.68. The Hall–Kier alpha value is -0.0300. The fourth-order valence-corrected chi connectivity index (χ4v) is 2.47. The highest BCUT2D eigenvalue weighted by Gasteiger charge is 2.33. The molecular formula is C7H6BrF3S. The largest absolute Gasteiger partial charge is 0.425 e. The highest BCUT2D eigenvalue weighted by atomic mass is 79.9. The van der Waals surface area contributed by atoms with Crippen molar-refractivity contribution < 1.29 is 13.2 Å². The lowest BCUT2D eigenvalue weighted by molar-refractivity contribution is -0.134. The van der Waals surface area contributed by atoms with Gasteiger partial charge >= 0.3 is 6.18 Å². The maximum absolute atomic E-state index is 12.1. The van der Waals surface area contributed by atoms with Crippen LogP contribution in [0.4, 0.5) is 13.2 Å². The molecule has 12 heavy (non-hydrogen) atoms. The van der Waals surface area contributed by atoms with Gasteiger partial charge in [0.1, 0.15) is 4.88 Å². The molecule has 0 radical (unpaired) electrons.